The summed E-state index contributed by atoms with van der Waals surface area (Å²) >= 11 is 5.81. The minimum absolute atomic E-state index is 0.429. The number of aryl methyl sites for hydroxylation is 1. The van der Waals surface area contributed by atoms with E-state index in [0.29, 0.717) is 23.5 Å². The lowest BCUT2D eigenvalue weighted by molar-refractivity contribution is 0.226. The van der Waals surface area contributed by atoms with E-state index in [-0.39, 0.29) is 0 Å². The Labute approximate surface area is 101 Å². The Kier molecular flexibility index (Phi) is 3.61. The molecule has 0 saturated heterocycles. The van der Waals surface area contributed by atoms with Gasteiger partial charge in [0.1, 0.15) is 17.6 Å². The molecule has 4 nitrogen and oxygen atoms in total. The predicted molar refractivity (Wildman–Crippen MR) is 62.9 cm³/mol. The number of aromatic nitrogens is 2. The lowest BCUT2D eigenvalue weighted by Gasteiger charge is -2.15. The van der Waals surface area contributed by atoms with Gasteiger partial charge in [0.15, 0.2) is 0 Å². The first-order chi connectivity index (χ1) is 7.65. The maximum absolute atomic E-state index is 5.81. The Hall–Kier alpha value is -0.870. The number of ether oxygens (including phenoxy) is 1. The highest BCUT2D eigenvalue weighted by Crippen LogP contribution is 2.24. The fourth-order valence-corrected chi connectivity index (χ4v) is 1.79. The van der Waals surface area contributed by atoms with Gasteiger partial charge in [-0.15, -0.1) is 0 Å². The van der Waals surface area contributed by atoms with Crippen molar-refractivity contribution in [1.29, 1.82) is 0 Å². The van der Waals surface area contributed by atoms with E-state index in [1.807, 2.05) is 0 Å². The summed E-state index contributed by atoms with van der Waals surface area (Å²) in [6, 6.07) is 2.41. The number of hydrogen-bond donors (Lipinski definition) is 0. The van der Waals surface area contributed by atoms with Gasteiger partial charge in [-0.25, -0.2) is 4.98 Å². The van der Waals surface area contributed by atoms with Gasteiger partial charge in [-0.2, -0.15) is 4.98 Å². The van der Waals surface area contributed by atoms with Crippen molar-refractivity contribution in [2.24, 2.45) is 0 Å². The van der Waals surface area contributed by atoms with Crippen LogP contribution in [0.5, 0.6) is 5.88 Å². The van der Waals surface area contributed by atoms with Crippen molar-refractivity contribution in [1.82, 2.24) is 14.9 Å². The van der Waals surface area contributed by atoms with Gasteiger partial charge >= 0.3 is 0 Å². The van der Waals surface area contributed by atoms with Crippen LogP contribution in [0.1, 0.15) is 18.7 Å². The highest BCUT2D eigenvalue weighted by Gasteiger charge is 2.25. The number of nitrogens with zero attached hydrogens (tertiary/aromatic N) is 3. The van der Waals surface area contributed by atoms with Crippen molar-refractivity contribution in [2.75, 3.05) is 20.2 Å². The second-order valence-corrected chi connectivity index (χ2v) is 4.52. The molecule has 0 atom stereocenters. The monoisotopic (exact) mass is 241 g/mol. The van der Waals surface area contributed by atoms with Gasteiger partial charge < -0.3 is 9.64 Å². The highest BCUT2D eigenvalue weighted by molar-refractivity contribution is 6.29. The van der Waals surface area contributed by atoms with Crippen LogP contribution >= 0.6 is 11.6 Å². The molecule has 1 fully saturated rings. The van der Waals surface area contributed by atoms with Crippen molar-refractivity contribution >= 4 is 11.6 Å². The normalized spacial score (nSPS) is 15.5. The molecular formula is C11H16ClN3O. The summed E-state index contributed by atoms with van der Waals surface area (Å²) in [5, 5.41) is 0.429. The van der Waals surface area contributed by atoms with Crippen LogP contribution < -0.4 is 4.74 Å². The Morgan fingerprint density at radius 1 is 1.50 bits per heavy atom. The zero-order chi connectivity index (χ0) is 11.5. The van der Waals surface area contributed by atoms with Crippen LogP contribution in [0.25, 0.3) is 0 Å². The second kappa shape index (κ2) is 4.97. The maximum Gasteiger partial charge on any atom is 0.218 e. The minimum atomic E-state index is 0.429. The molecule has 1 aliphatic carbocycles. The molecule has 1 aromatic heterocycles. The molecule has 0 amide bonds. The van der Waals surface area contributed by atoms with E-state index in [1.165, 1.54) is 12.8 Å². The van der Waals surface area contributed by atoms with Gasteiger partial charge in [-0.05, 0) is 26.8 Å². The molecule has 1 aromatic rings. The van der Waals surface area contributed by atoms with Gasteiger partial charge in [-0.3, -0.25) is 0 Å². The molecule has 0 N–H and O–H groups in total. The van der Waals surface area contributed by atoms with Crippen LogP contribution in [0.3, 0.4) is 0 Å². The topological polar surface area (TPSA) is 38.2 Å². The average Bonchev–Trinajstić information content (AvgIpc) is 2.98. The minimum Gasteiger partial charge on any atom is -0.476 e. The van der Waals surface area contributed by atoms with Crippen molar-refractivity contribution in [3.63, 3.8) is 0 Å². The van der Waals surface area contributed by atoms with Gasteiger partial charge in [0.25, 0.3) is 0 Å². The predicted octanol–water partition coefficient (Wildman–Crippen LogP) is 1.91. The third-order valence-electron chi connectivity index (χ3n) is 2.65. The first kappa shape index (κ1) is 11.6. The summed E-state index contributed by atoms with van der Waals surface area (Å²) in [6.45, 7) is 3.36. The molecule has 1 heterocycles. The number of halogens is 1. The molecule has 16 heavy (non-hydrogen) atoms. The molecule has 0 aromatic carbocycles. The Morgan fingerprint density at radius 3 is 2.88 bits per heavy atom. The first-order valence-corrected chi connectivity index (χ1v) is 5.87. The fraction of sp³-hybridized carbons (Fsp3) is 0.636. The van der Waals surface area contributed by atoms with Crippen molar-refractivity contribution in [3.8, 4) is 5.88 Å². The van der Waals surface area contributed by atoms with Crippen LogP contribution in [0.15, 0.2) is 6.07 Å². The van der Waals surface area contributed by atoms with Crippen LogP contribution in [0, 0.1) is 6.92 Å². The van der Waals surface area contributed by atoms with E-state index < -0.39 is 0 Å². The first-order valence-electron chi connectivity index (χ1n) is 5.49. The lowest BCUT2D eigenvalue weighted by atomic mass is 10.5. The number of hydrogen-bond acceptors (Lipinski definition) is 4. The van der Waals surface area contributed by atoms with Gasteiger partial charge in [0.2, 0.25) is 5.88 Å². The Morgan fingerprint density at radius 2 is 2.25 bits per heavy atom. The standard InChI is InChI=1S/C11H16ClN3O/c1-8-13-10(12)7-11(14-8)16-6-5-15(2)9-3-4-9/h7,9H,3-6H2,1-2H3. The van der Waals surface area contributed by atoms with Crippen LogP contribution in [-0.4, -0.2) is 41.1 Å². The molecule has 88 valence electrons. The molecule has 1 saturated carbocycles. The molecule has 0 unspecified atom stereocenters. The summed E-state index contributed by atoms with van der Waals surface area (Å²) < 4.78 is 5.54. The van der Waals surface area contributed by atoms with Gasteiger partial charge in [0, 0.05) is 18.7 Å². The Bertz CT molecular complexity index is 348. The third-order valence-corrected chi connectivity index (χ3v) is 2.84. The van der Waals surface area contributed by atoms with E-state index >= 15 is 0 Å². The van der Waals surface area contributed by atoms with Crippen molar-refractivity contribution < 1.29 is 4.74 Å². The molecule has 2 rings (SSSR count). The zero-order valence-electron chi connectivity index (χ0n) is 9.61. The van der Waals surface area contributed by atoms with Crippen molar-refractivity contribution in [3.05, 3.63) is 17.0 Å². The average molecular weight is 242 g/mol. The smallest absolute Gasteiger partial charge is 0.218 e. The maximum atomic E-state index is 5.81. The largest absolute Gasteiger partial charge is 0.476 e. The lowest BCUT2D eigenvalue weighted by Crippen LogP contribution is -2.26. The van der Waals surface area contributed by atoms with Gasteiger partial charge in [-0.1, -0.05) is 11.6 Å². The van der Waals surface area contributed by atoms with Gasteiger partial charge in [0.05, 0.1) is 0 Å². The van der Waals surface area contributed by atoms with Crippen molar-refractivity contribution in [2.45, 2.75) is 25.8 Å². The molecule has 1 aliphatic rings. The third kappa shape index (κ3) is 3.32. The molecule has 5 heteroatoms. The van der Waals surface area contributed by atoms with E-state index in [4.69, 9.17) is 16.3 Å². The summed E-state index contributed by atoms with van der Waals surface area (Å²) in [4.78, 5) is 10.4. The van der Waals surface area contributed by atoms with E-state index in [9.17, 15) is 0 Å². The molecule has 0 bridgehead atoms. The zero-order valence-corrected chi connectivity index (χ0v) is 10.4. The van der Waals surface area contributed by atoms with E-state index in [0.717, 1.165) is 12.6 Å². The van der Waals surface area contributed by atoms with E-state index in [2.05, 4.69) is 21.9 Å². The Balaban J connectivity index is 1.79. The van der Waals surface area contributed by atoms with Crippen LogP contribution in [0.2, 0.25) is 5.15 Å². The number of likely N-dealkylation sites (N-methyl/N-ethyl adjacent to an activating group) is 1. The molecule has 0 radical (unpaired) electrons. The SMILES string of the molecule is Cc1nc(Cl)cc(OCCN(C)C2CC2)n1. The highest BCUT2D eigenvalue weighted by atomic mass is 35.5. The quantitative estimate of drug-likeness (QED) is 0.739. The summed E-state index contributed by atoms with van der Waals surface area (Å²) in [5.41, 5.74) is 0. The molecule has 0 spiro atoms. The van der Waals surface area contributed by atoms with Crippen LogP contribution in [-0.2, 0) is 0 Å². The molecular weight excluding hydrogens is 226 g/mol. The second-order valence-electron chi connectivity index (χ2n) is 4.14. The summed E-state index contributed by atoms with van der Waals surface area (Å²) in [5.74, 6) is 1.19. The summed E-state index contributed by atoms with van der Waals surface area (Å²) in [7, 11) is 2.12. The molecule has 0 aliphatic heterocycles. The fourth-order valence-electron chi connectivity index (χ4n) is 1.57. The van der Waals surface area contributed by atoms with E-state index in [1.54, 1.807) is 13.0 Å². The number of rotatable bonds is 5. The van der Waals surface area contributed by atoms with Crippen LogP contribution in [0.4, 0.5) is 0 Å². The summed E-state index contributed by atoms with van der Waals surface area (Å²) in [6.07, 6.45) is 2.63.